The zero-order valence-corrected chi connectivity index (χ0v) is 33.6. The standard InChI is InChI=1S/C42H49N11O7/c1-48-15-20-52(42(48)60)29-7-3-14-51(25-29)35-24-44-37(38(43)57)39(47-35)46-27-6-2-5-26(21-27)45-36(56)8-4-13-49-16-18-50(19-17-49)28-9-11-31-32(22-28)41(59)53(40(31)58)33-12-10-30(54)23-34(33)55/h2,5-6,9,11,21-22,24,29,33H,3-4,7-8,10,12-20,23,25H2,1H3,(H2,43,57)(H,45,56)(H,46,47)/t29-,33?/m1/s1. The highest BCUT2D eigenvalue weighted by molar-refractivity contribution is 6.24. The lowest BCUT2D eigenvalue weighted by Gasteiger charge is -2.37. The second-order valence-corrected chi connectivity index (χ2v) is 16.1. The van der Waals surface area contributed by atoms with E-state index in [9.17, 15) is 33.6 Å². The van der Waals surface area contributed by atoms with Gasteiger partial charge in [-0.2, -0.15) is 0 Å². The largest absolute Gasteiger partial charge is 0.369 e. The quantitative estimate of drug-likeness (QED) is 0.177. The molecule has 4 aliphatic heterocycles. The van der Waals surface area contributed by atoms with Crippen molar-refractivity contribution in [2.45, 2.75) is 57.0 Å². The Kier molecular flexibility index (Phi) is 11.5. The molecular weight excluding hydrogens is 771 g/mol. The number of primary amides is 1. The lowest BCUT2D eigenvalue weighted by molar-refractivity contribution is -0.132. The lowest BCUT2D eigenvalue weighted by Crippen LogP contribution is -2.49. The van der Waals surface area contributed by atoms with Crippen molar-refractivity contribution in [2.75, 3.05) is 86.4 Å². The van der Waals surface area contributed by atoms with E-state index in [-0.39, 0.29) is 71.4 Å². The van der Waals surface area contributed by atoms with E-state index >= 15 is 0 Å². The number of Topliss-reactive ketones (excluding diaryl/α,β-unsaturated/α-hetero) is 2. The maximum absolute atomic E-state index is 13.3. The first kappa shape index (κ1) is 40.4. The van der Waals surface area contributed by atoms with Crippen LogP contribution >= 0.6 is 0 Å². The number of carbonyl (C=O) groups is 7. The maximum atomic E-state index is 13.3. The predicted octanol–water partition coefficient (Wildman–Crippen LogP) is 2.48. The molecule has 1 unspecified atom stereocenters. The van der Waals surface area contributed by atoms with Crippen LogP contribution in [0.3, 0.4) is 0 Å². The number of fused-ring (bicyclic) bond motifs is 1. The number of imide groups is 1. The molecule has 0 bridgehead atoms. The number of hydrogen-bond acceptors (Lipinski definition) is 13. The third-order valence-corrected chi connectivity index (χ3v) is 12.1. The normalized spacial score (nSPS) is 21.2. The molecule has 60 heavy (non-hydrogen) atoms. The molecular formula is C42H49N11O7. The van der Waals surface area contributed by atoms with E-state index in [0.29, 0.717) is 62.8 Å². The summed E-state index contributed by atoms with van der Waals surface area (Å²) >= 11 is 0. The van der Waals surface area contributed by atoms with Crippen LogP contribution in [0.4, 0.5) is 33.5 Å². The molecule has 4 N–H and O–H groups in total. The number of anilines is 5. The van der Waals surface area contributed by atoms with Gasteiger partial charge in [0.05, 0.1) is 35.8 Å². The van der Waals surface area contributed by atoms with Crippen molar-refractivity contribution in [3.05, 3.63) is 65.5 Å². The molecule has 1 aromatic heterocycles. The van der Waals surface area contributed by atoms with Gasteiger partial charge in [0.25, 0.3) is 17.7 Å². The molecule has 6 amide bonds. The third-order valence-electron chi connectivity index (χ3n) is 12.1. The molecule has 8 rings (SSSR count). The molecule has 4 fully saturated rings. The molecule has 5 heterocycles. The lowest BCUT2D eigenvalue weighted by atomic mass is 9.92. The van der Waals surface area contributed by atoms with Crippen LogP contribution in [-0.2, 0) is 14.4 Å². The summed E-state index contributed by atoms with van der Waals surface area (Å²) in [7, 11) is 1.81. The summed E-state index contributed by atoms with van der Waals surface area (Å²) in [6.07, 6.45) is 4.36. The molecule has 3 aromatic rings. The first-order chi connectivity index (χ1) is 28.9. The van der Waals surface area contributed by atoms with Crippen LogP contribution < -0.4 is 26.2 Å². The number of aromatic nitrogens is 2. The zero-order valence-electron chi connectivity index (χ0n) is 33.6. The smallest absolute Gasteiger partial charge is 0.320 e. The molecule has 3 saturated heterocycles. The SMILES string of the molecule is CN1CCN([C@@H]2CCCN(c3cnc(C(N)=O)c(Nc4cccc(NC(=O)CCCN5CCN(c6ccc7c(c6)C(=O)N(C6CCC(=O)CC6=O)C7=O)CC5)c4)n3)C2)C1=O. The number of nitrogens with one attached hydrogen (secondary N) is 2. The summed E-state index contributed by atoms with van der Waals surface area (Å²) in [4.78, 5) is 109. The number of amides is 6. The van der Waals surface area contributed by atoms with Crippen molar-refractivity contribution in [3.8, 4) is 0 Å². The van der Waals surface area contributed by atoms with Gasteiger partial charge < -0.3 is 36.0 Å². The number of nitrogens with two attached hydrogens (primary N) is 1. The highest BCUT2D eigenvalue weighted by Crippen LogP contribution is 2.32. The van der Waals surface area contributed by atoms with Crippen LogP contribution in [0.25, 0.3) is 0 Å². The second-order valence-electron chi connectivity index (χ2n) is 16.1. The Morgan fingerprint density at radius 3 is 2.40 bits per heavy atom. The number of benzene rings is 2. The van der Waals surface area contributed by atoms with E-state index in [1.807, 2.05) is 18.0 Å². The average molecular weight is 820 g/mol. The fraction of sp³-hybridized carbons (Fsp3) is 0.452. The number of hydrogen-bond donors (Lipinski definition) is 3. The van der Waals surface area contributed by atoms with E-state index in [4.69, 9.17) is 10.7 Å². The van der Waals surface area contributed by atoms with Crippen LogP contribution in [0.2, 0.25) is 0 Å². The van der Waals surface area contributed by atoms with E-state index in [2.05, 4.69) is 30.3 Å². The van der Waals surface area contributed by atoms with Crippen molar-refractivity contribution in [3.63, 3.8) is 0 Å². The minimum Gasteiger partial charge on any atom is -0.369 e. The van der Waals surface area contributed by atoms with Gasteiger partial charge in [-0.05, 0) is 68.6 Å². The van der Waals surface area contributed by atoms with Gasteiger partial charge >= 0.3 is 6.03 Å². The zero-order chi connectivity index (χ0) is 42.1. The predicted molar refractivity (Wildman–Crippen MR) is 221 cm³/mol. The van der Waals surface area contributed by atoms with Gasteiger partial charge in [0.1, 0.15) is 11.6 Å². The number of nitrogens with zero attached hydrogens (tertiary/aromatic N) is 8. The van der Waals surface area contributed by atoms with Crippen molar-refractivity contribution in [1.29, 1.82) is 0 Å². The Hall–Kier alpha value is -6.43. The Morgan fingerprint density at radius 2 is 1.65 bits per heavy atom. The van der Waals surface area contributed by atoms with E-state index < -0.39 is 23.8 Å². The number of likely N-dealkylation sites (N-methyl/N-ethyl adjacent to an activating group) is 1. The Labute approximate surface area is 347 Å². The molecule has 2 aromatic carbocycles. The van der Waals surface area contributed by atoms with Crippen LogP contribution in [0.1, 0.15) is 76.2 Å². The number of carbonyl (C=O) groups excluding carboxylic acids is 7. The molecule has 1 aliphatic carbocycles. The molecule has 1 saturated carbocycles. The van der Waals surface area contributed by atoms with Crippen LogP contribution in [0, 0.1) is 0 Å². The summed E-state index contributed by atoms with van der Waals surface area (Å²) < 4.78 is 0. The van der Waals surface area contributed by atoms with E-state index in [1.165, 1.54) is 6.20 Å². The number of urea groups is 1. The maximum Gasteiger partial charge on any atom is 0.320 e. The minimum atomic E-state index is -0.897. The van der Waals surface area contributed by atoms with E-state index in [0.717, 1.165) is 49.6 Å². The van der Waals surface area contributed by atoms with Crippen molar-refractivity contribution < 1.29 is 33.6 Å². The number of piperazine rings is 1. The minimum absolute atomic E-state index is 0.0155. The Morgan fingerprint density at radius 1 is 0.867 bits per heavy atom. The van der Waals surface area contributed by atoms with E-state index in [1.54, 1.807) is 41.3 Å². The number of rotatable bonds is 12. The summed E-state index contributed by atoms with van der Waals surface area (Å²) in [5.41, 5.74) is 8.19. The summed E-state index contributed by atoms with van der Waals surface area (Å²) in [6, 6.07) is 11.5. The van der Waals surface area contributed by atoms with Crippen LogP contribution in [-0.4, -0.2) is 149 Å². The first-order valence-electron chi connectivity index (χ1n) is 20.6. The molecule has 314 valence electrons. The first-order valence-corrected chi connectivity index (χ1v) is 20.6. The fourth-order valence-corrected chi connectivity index (χ4v) is 8.81. The van der Waals surface area contributed by atoms with Gasteiger partial charge in [-0.15, -0.1) is 0 Å². The van der Waals surface area contributed by atoms with Crippen LogP contribution in [0.15, 0.2) is 48.7 Å². The highest BCUT2D eigenvalue weighted by atomic mass is 16.2. The molecule has 0 spiro atoms. The van der Waals surface area contributed by atoms with Gasteiger partial charge in [0, 0.05) is 89.3 Å². The molecule has 5 aliphatic rings. The Balaban J connectivity index is 0.812. The molecule has 0 radical (unpaired) electrons. The highest BCUT2D eigenvalue weighted by Gasteiger charge is 2.44. The van der Waals surface area contributed by atoms with Gasteiger partial charge in [0.2, 0.25) is 5.91 Å². The molecule has 18 nitrogen and oxygen atoms in total. The van der Waals surface area contributed by atoms with Crippen molar-refractivity contribution in [1.82, 2.24) is 29.6 Å². The van der Waals surface area contributed by atoms with Crippen LogP contribution in [0.5, 0.6) is 0 Å². The molecule has 18 heteroatoms. The number of piperidine rings is 1. The topological polar surface area (TPSA) is 215 Å². The summed E-state index contributed by atoms with van der Waals surface area (Å²) in [6.45, 7) is 6.33. The number of ketones is 2. The summed E-state index contributed by atoms with van der Waals surface area (Å²) in [5, 5.41) is 6.13. The van der Waals surface area contributed by atoms with Gasteiger partial charge in [0.15, 0.2) is 17.3 Å². The Bertz CT molecular complexity index is 2240. The monoisotopic (exact) mass is 819 g/mol. The van der Waals surface area contributed by atoms with Gasteiger partial charge in [-0.1, -0.05) is 6.07 Å². The fourth-order valence-electron chi connectivity index (χ4n) is 8.81. The molecule has 2 atom stereocenters. The third kappa shape index (κ3) is 8.36. The van der Waals surface area contributed by atoms with Gasteiger partial charge in [-0.25, -0.2) is 14.8 Å². The summed E-state index contributed by atoms with van der Waals surface area (Å²) in [5.74, 6) is -1.64. The second kappa shape index (κ2) is 17.0. The van der Waals surface area contributed by atoms with Gasteiger partial charge in [-0.3, -0.25) is 38.6 Å². The van der Waals surface area contributed by atoms with Crippen molar-refractivity contribution in [2.24, 2.45) is 5.73 Å². The van der Waals surface area contributed by atoms with Crippen molar-refractivity contribution >= 4 is 69.9 Å². The average Bonchev–Trinajstić information content (AvgIpc) is 3.70.